The Balaban J connectivity index is 2.29. The number of alkyl halides is 3. The topological polar surface area (TPSA) is 49.3 Å². The fourth-order valence-electron chi connectivity index (χ4n) is 2.15. The molecule has 0 amide bonds. The van der Waals surface area contributed by atoms with Gasteiger partial charge in [-0.05, 0) is 30.0 Å². The molecule has 1 atom stereocenters. The maximum atomic E-state index is 12.6. The van der Waals surface area contributed by atoms with Crippen molar-refractivity contribution in [2.45, 2.75) is 31.5 Å². The predicted molar refractivity (Wildman–Crippen MR) is 64.6 cm³/mol. The summed E-state index contributed by atoms with van der Waals surface area (Å²) in [5, 5.41) is 11.2. The number of carboxylic acid groups (broad SMARTS) is 1. The van der Waals surface area contributed by atoms with Gasteiger partial charge in [0.05, 0.1) is 17.1 Å². The van der Waals surface area contributed by atoms with Crippen LogP contribution in [0.1, 0.15) is 17.5 Å². The fourth-order valence-corrected chi connectivity index (χ4v) is 2.47. The number of hydrogen-bond donors (Lipinski definition) is 2. The lowest BCUT2D eigenvalue weighted by Gasteiger charge is -2.29. The molecule has 2 rings (SSSR count). The average Bonchev–Trinajstić information content (AvgIpc) is 2.26. The highest BCUT2D eigenvalue weighted by Crippen LogP contribution is 2.37. The molecular formula is C12H11ClF3NO2. The second-order valence-electron chi connectivity index (χ2n) is 4.46. The van der Waals surface area contributed by atoms with Crippen LogP contribution in [0.3, 0.4) is 0 Å². The van der Waals surface area contributed by atoms with Crippen LogP contribution in [0.2, 0.25) is 5.02 Å². The van der Waals surface area contributed by atoms with Gasteiger partial charge in [0.25, 0.3) is 0 Å². The number of aryl methyl sites for hydroxylation is 1. The molecule has 7 heteroatoms. The number of anilines is 1. The maximum Gasteiger partial charge on any atom is 0.408 e. The molecule has 0 saturated carbocycles. The minimum absolute atomic E-state index is 0.0800. The van der Waals surface area contributed by atoms with Crippen LogP contribution < -0.4 is 5.32 Å². The van der Waals surface area contributed by atoms with Gasteiger partial charge in [-0.3, -0.25) is 4.79 Å². The Morgan fingerprint density at radius 1 is 1.47 bits per heavy atom. The summed E-state index contributed by atoms with van der Waals surface area (Å²) in [4.78, 5) is 10.6. The van der Waals surface area contributed by atoms with Gasteiger partial charge >= 0.3 is 12.1 Å². The number of carboxylic acids is 1. The van der Waals surface area contributed by atoms with E-state index in [1.807, 2.05) is 0 Å². The monoisotopic (exact) mass is 293 g/mol. The smallest absolute Gasteiger partial charge is 0.408 e. The molecule has 1 aromatic rings. The Kier molecular flexibility index (Phi) is 3.62. The molecule has 0 radical (unpaired) electrons. The number of fused-ring (bicyclic) bond motifs is 1. The van der Waals surface area contributed by atoms with Crippen molar-refractivity contribution in [1.29, 1.82) is 0 Å². The largest absolute Gasteiger partial charge is 0.481 e. The molecular weight excluding hydrogens is 283 g/mol. The first-order chi connectivity index (χ1) is 8.77. The van der Waals surface area contributed by atoms with E-state index in [0.29, 0.717) is 11.1 Å². The van der Waals surface area contributed by atoms with Crippen molar-refractivity contribution in [3.63, 3.8) is 0 Å². The van der Waals surface area contributed by atoms with Gasteiger partial charge in [-0.2, -0.15) is 13.2 Å². The van der Waals surface area contributed by atoms with Crippen LogP contribution in [0, 0.1) is 0 Å². The number of rotatable bonds is 2. The van der Waals surface area contributed by atoms with E-state index in [4.69, 9.17) is 16.7 Å². The molecule has 0 bridgehead atoms. The number of carbonyl (C=O) groups is 1. The van der Waals surface area contributed by atoms with E-state index in [1.54, 1.807) is 6.07 Å². The zero-order chi connectivity index (χ0) is 14.2. The molecule has 1 aliphatic rings. The number of nitrogens with one attached hydrogen (secondary N) is 1. The minimum Gasteiger partial charge on any atom is -0.481 e. The van der Waals surface area contributed by atoms with E-state index in [9.17, 15) is 18.0 Å². The summed E-state index contributed by atoms with van der Waals surface area (Å²) in [7, 11) is 0. The summed E-state index contributed by atoms with van der Waals surface area (Å²) in [6, 6.07) is 1.37. The third kappa shape index (κ3) is 3.12. The molecule has 1 heterocycles. The second-order valence-corrected chi connectivity index (χ2v) is 4.87. The zero-order valence-corrected chi connectivity index (χ0v) is 10.5. The van der Waals surface area contributed by atoms with Gasteiger partial charge in [0, 0.05) is 0 Å². The Morgan fingerprint density at radius 3 is 2.74 bits per heavy atom. The highest BCUT2D eigenvalue weighted by Gasteiger charge is 2.41. The van der Waals surface area contributed by atoms with E-state index in [1.165, 1.54) is 6.07 Å². The van der Waals surface area contributed by atoms with Crippen LogP contribution in [0.5, 0.6) is 0 Å². The molecule has 19 heavy (non-hydrogen) atoms. The van der Waals surface area contributed by atoms with Gasteiger partial charge < -0.3 is 10.4 Å². The SMILES string of the molecule is O=C(O)Cc1cc(Cl)c2c(c1)CCC(C(F)(F)F)N2. The van der Waals surface area contributed by atoms with E-state index in [0.717, 1.165) is 0 Å². The van der Waals surface area contributed by atoms with E-state index < -0.39 is 18.2 Å². The van der Waals surface area contributed by atoms with Crippen molar-refractivity contribution in [3.8, 4) is 0 Å². The molecule has 0 saturated heterocycles. The number of hydrogen-bond acceptors (Lipinski definition) is 2. The molecule has 1 aliphatic heterocycles. The molecule has 1 aromatic carbocycles. The summed E-state index contributed by atoms with van der Waals surface area (Å²) in [6.07, 6.45) is -4.38. The summed E-state index contributed by atoms with van der Waals surface area (Å²) in [5.74, 6) is -1.01. The third-order valence-electron chi connectivity index (χ3n) is 3.00. The van der Waals surface area contributed by atoms with E-state index in [-0.39, 0.29) is 30.0 Å². The Bertz CT molecular complexity index is 516. The van der Waals surface area contributed by atoms with Crippen LogP contribution in [0.15, 0.2) is 12.1 Å². The highest BCUT2D eigenvalue weighted by molar-refractivity contribution is 6.33. The van der Waals surface area contributed by atoms with Crippen LogP contribution in [0.25, 0.3) is 0 Å². The molecule has 2 N–H and O–H groups in total. The first-order valence-corrected chi connectivity index (χ1v) is 6.01. The minimum atomic E-state index is -4.32. The lowest BCUT2D eigenvalue weighted by Crippen LogP contribution is -2.39. The Labute approximate surface area is 112 Å². The number of halogens is 4. The zero-order valence-electron chi connectivity index (χ0n) is 9.72. The summed E-state index contributed by atoms with van der Waals surface area (Å²) >= 11 is 5.92. The van der Waals surface area contributed by atoms with Gasteiger partial charge in [-0.25, -0.2) is 0 Å². The van der Waals surface area contributed by atoms with E-state index in [2.05, 4.69) is 5.32 Å². The molecule has 0 fully saturated rings. The van der Waals surface area contributed by atoms with Crippen LogP contribution in [-0.2, 0) is 17.6 Å². The van der Waals surface area contributed by atoms with Gasteiger partial charge in [0.2, 0.25) is 0 Å². The molecule has 3 nitrogen and oxygen atoms in total. The summed E-state index contributed by atoms with van der Waals surface area (Å²) in [5.41, 5.74) is 1.37. The van der Waals surface area contributed by atoms with Crippen molar-refractivity contribution in [2.24, 2.45) is 0 Å². The normalized spacial score (nSPS) is 18.6. The molecule has 104 valence electrons. The van der Waals surface area contributed by atoms with Gasteiger partial charge in [0.15, 0.2) is 0 Å². The van der Waals surface area contributed by atoms with Crippen molar-refractivity contribution in [3.05, 3.63) is 28.3 Å². The Morgan fingerprint density at radius 2 is 2.16 bits per heavy atom. The lowest BCUT2D eigenvalue weighted by atomic mass is 9.95. The van der Waals surface area contributed by atoms with Crippen molar-refractivity contribution in [2.75, 3.05) is 5.32 Å². The van der Waals surface area contributed by atoms with Gasteiger partial charge in [-0.15, -0.1) is 0 Å². The lowest BCUT2D eigenvalue weighted by molar-refractivity contribution is -0.144. The Hall–Kier alpha value is -1.43. The summed E-state index contributed by atoms with van der Waals surface area (Å²) < 4.78 is 37.9. The third-order valence-corrected chi connectivity index (χ3v) is 3.30. The van der Waals surface area contributed by atoms with Gasteiger partial charge in [0.1, 0.15) is 6.04 Å². The first-order valence-electron chi connectivity index (χ1n) is 5.63. The standard InChI is InChI=1S/C12H11ClF3NO2/c13-8-4-6(5-10(18)19)3-7-1-2-9(12(14,15)16)17-11(7)8/h3-4,9,17H,1-2,5H2,(H,18,19). The average molecular weight is 294 g/mol. The van der Waals surface area contributed by atoms with Crippen molar-refractivity contribution >= 4 is 23.3 Å². The highest BCUT2D eigenvalue weighted by atomic mass is 35.5. The van der Waals surface area contributed by atoms with Crippen LogP contribution in [0.4, 0.5) is 18.9 Å². The predicted octanol–water partition coefficient (Wildman–Crippen LogP) is 3.26. The van der Waals surface area contributed by atoms with Crippen LogP contribution in [-0.4, -0.2) is 23.3 Å². The van der Waals surface area contributed by atoms with Crippen molar-refractivity contribution < 1.29 is 23.1 Å². The van der Waals surface area contributed by atoms with E-state index >= 15 is 0 Å². The first kappa shape index (κ1) is 14.0. The quantitative estimate of drug-likeness (QED) is 0.880. The molecule has 1 unspecified atom stereocenters. The number of benzene rings is 1. The fraction of sp³-hybridized carbons (Fsp3) is 0.417. The van der Waals surface area contributed by atoms with Crippen molar-refractivity contribution in [1.82, 2.24) is 0 Å². The number of aliphatic carboxylic acids is 1. The molecule has 0 aliphatic carbocycles. The molecule has 0 aromatic heterocycles. The molecule has 0 spiro atoms. The van der Waals surface area contributed by atoms with Crippen LogP contribution >= 0.6 is 11.6 Å². The maximum absolute atomic E-state index is 12.6. The second kappa shape index (κ2) is 4.92. The summed E-state index contributed by atoms with van der Waals surface area (Å²) in [6.45, 7) is 0. The van der Waals surface area contributed by atoms with Gasteiger partial charge in [-0.1, -0.05) is 17.7 Å².